The van der Waals surface area contributed by atoms with Gasteiger partial charge in [0.2, 0.25) is 0 Å². The van der Waals surface area contributed by atoms with Crippen molar-refractivity contribution < 1.29 is 0 Å². The number of nitrogens with one attached hydrogen (secondary N) is 2. The Morgan fingerprint density at radius 3 is 3.00 bits per heavy atom. The second-order valence-corrected chi connectivity index (χ2v) is 3.22. The molecule has 0 atom stereocenters. The fourth-order valence-corrected chi connectivity index (χ4v) is 1.07. The minimum absolute atomic E-state index is 0.637. The van der Waals surface area contributed by atoms with Crippen LogP contribution in [0.3, 0.4) is 0 Å². The van der Waals surface area contributed by atoms with E-state index in [0.717, 1.165) is 18.7 Å². The van der Waals surface area contributed by atoms with Crippen molar-refractivity contribution in [3.63, 3.8) is 0 Å². The van der Waals surface area contributed by atoms with Crippen LogP contribution in [-0.2, 0) is 6.54 Å². The van der Waals surface area contributed by atoms with Gasteiger partial charge in [-0.3, -0.25) is 0 Å². The summed E-state index contributed by atoms with van der Waals surface area (Å²) in [5.74, 6) is 0. The van der Waals surface area contributed by atoms with E-state index in [9.17, 15) is 0 Å². The monoisotopic (exact) mass is 210 g/mol. The topological polar surface area (TPSA) is 49.8 Å². The smallest absolute Gasteiger partial charge is 0.166 e. The molecule has 5 heteroatoms. The molecule has 4 nitrogen and oxygen atoms in total. The number of thiocarbonyl (C=S) groups is 1. The fourth-order valence-electron chi connectivity index (χ4n) is 0.895. The van der Waals surface area contributed by atoms with Crippen molar-refractivity contribution in [3.8, 4) is 0 Å². The second kappa shape index (κ2) is 6.26. The van der Waals surface area contributed by atoms with Crippen LogP contribution in [0.15, 0.2) is 18.6 Å². The molecule has 0 saturated carbocycles. The molecular formula is C9H14N4S. The molecule has 0 amide bonds. The average Bonchev–Trinajstić information content (AvgIpc) is 2.25. The van der Waals surface area contributed by atoms with Gasteiger partial charge in [0, 0.05) is 12.7 Å². The van der Waals surface area contributed by atoms with Crippen molar-refractivity contribution in [2.45, 2.75) is 19.9 Å². The molecule has 1 rings (SSSR count). The molecule has 0 bridgehead atoms. The molecule has 76 valence electrons. The quantitative estimate of drug-likeness (QED) is 0.722. The first-order valence-corrected chi connectivity index (χ1v) is 5.00. The van der Waals surface area contributed by atoms with Crippen molar-refractivity contribution in [2.24, 2.45) is 0 Å². The van der Waals surface area contributed by atoms with Crippen LogP contribution in [0.5, 0.6) is 0 Å². The second-order valence-electron chi connectivity index (χ2n) is 2.81. The van der Waals surface area contributed by atoms with Gasteiger partial charge in [0.05, 0.1) is 12.2 Å². The van der Waals surface area contributed by atoms with E-state index in [1.165, 1.54) is 6.33 Å². The summed E-state index contributed by atoms with van der Waals surface area (Å²) in [7, 11) is 0. The van der Waals surface area contributed by atoms with Crippen LogP contribution >= 0.6 is 12.2 Å². The number of hydrogen-bond donors (Lipinski definition) is 2. The van der Waals surface area contributed by atoms with Crippen LogP contribution in [0.25, 0.3) is 0 Å². The van der Waals surface area contributed by atoms with Crippen LogP contribution < -0.4 is 10.6 Å². The average molecular weight is 210 g/mol. The molecule has 0 spiro atoms. The maximum Gasteiger partial charge on any atom is 0.166 e. The van der Waals surface area contributed by atoms with Gasteiger partial charge in [0.25, 0.3) is 0 Å². The molecule has 0 radical (unpaired) electrons. The van der Waals surface area contributed by atoms with E-state index in [2.05, 4.69) is 27.5 Å². The van der Waals surface area contributed by atoms with Gasteiger partial charge in [-0.1, -0.05) is 6.92 Å². The van der Waals surface area contributed by atoms with Gasteiger partial charge in [-0.2, -0.15) is 0 Å². The Hall–Kier alpha value is -1.23. The zero-order valence-corrected chi connectivity index (χ0v) is 8.97. The molecule has 0 unspecified atom stereocenters. The Morgan fingerprint density at radius 1 is 1.50 bits per heavy atom. The van der Waals surface area contributed by atoms with Crippen LogP contribution in [0.1, 0.15) is 19.0 Å². The summed E-state index contributed by atoms with van der Waals surface area (Å²) in [6.45, 7) is 3.63. The van der Waals surface area contributed by atoms with Gasteiger partial charge in [-0.25, -0.2) is 9.97 Å². The van der Waals surface area contributed by atoms with E-state index < -0.39 is 0 Å². The molecule has 2 N–H and O–H groups in total. The van der Waals surface area contributed by atoms with Crippen molar-refractivity contribution >= 4 is 17.3 Å². The summed E-state index contributed by atoms with van der Waals surface area (Å²) in [6, 6.07) is 1.86. The van der Waals surface area contributed by atoms with Crippen LogP contribution in [0.4, 0.5) is 0 Å². The van der Waals surface area contributed by atoms with E-state index in [1.807, 2.05) is 6.07 Å². The highest BCUT2D eigenvalue weighted by atomic mass is 32.1. The largest absolute Gasteiger partial charge is 0.363 e. The van der Waals surface area contributed by atoms with E-state index >= 15 is 0 Å². The summed E-state index contributed by atoms with van der Waals surface area (Å²) < 4.78 is 0. The zero-order valence-electron chi connectivity index (χ0n) is 8.16. The van der Waals surface area contributed by atoms with Crippen molar-refractivity contribution in [1.82, 2.24) is 20.6 Å². The maximum atomic E-state index is 5.05. The first kappa shape index (κ1) is 10.8. The van der Waals surface area contributed by atoms with E-state index in [4.69, 9.17) is 12.2 Å². The molecule has 1 aromatic rings. The number of aromatic nitrogens is 2. The standard InChI is InChI=1S/C9H14N4S/c1-2-4-11-9(14)12-6-8-3-5-10-7-13-8/h3,5,7H,2,4,6H2,1H3,(H2,11,12,14). The molecule has 0 aliphatic heterocycles. The SMILES string of the molecule is CCCNC(=S)NCc1ccncn1. The molecule has 1 aromatic heterocycles. The summed E-state index contributed by atoms with van der Waals surface area (Å²) in [4.78, 5) is 7.90. The highest BCUT2D eigenvalue weighted by Crippen LogP contribution is 1.89. The summed E-state index contributed by atoms with van der Waals surface area (Å²) >= 11 is 5.05. The summed E-state index contributed by atoms with van der Waals surface area (Å²) in [5, 5.41) is 6.82. The lowest BCUT2D eigenvalue weighted by atomic mass is 10.4. The Morgan fingerprint density at radius 2 is 2.36 bits per heavy atom. The lowest BCUT2D eigenvalue weighted by Crippen LogP contribution is -2.35. The molecular weight excluding hydrogens is 196 g/mol. The van der Waals surface area contributed by atoms with Crippen molar-refractivity contribution in [3.05, 3.63) is 24.3 Å². The van der Waals surface area contributed by atoms with Crippen LogP contribution in [0.2, 0.25) is 0 Å². The van der Waals surface area contributed by atoms with Gasteiger partial charge in [-0.05, 0) is 24.7 Å². The molecule has 14 heavy (non-hydrogen) atoms. The normalized spacial score (nSPS) is 9.50. The number of hydrogen-bond acceptors (Lipinski definition) is 3. The van der Waals surface area contributed by atoms with Crippen molar-refractivity contribution in [1.29, 1.82) is 0 Å². The highest BCUT2D eigenvalue weighted by Gasteiger charge is 1.95. The third kappa shape index (κ3) is 4.13. The molecule has 0 fully saturated rings. The third-order valence-corrected chi connectivity index (χ3v) is 1.90. The zero-order chi connectivity index (χ0) is 10.2. The van der Waals surface area contributed by atoms with Gasteiger partial charge >= 0.3 is 0 Å². The van der Waals surface area contributed by atoms with Gasteiger partial charge in [0.1, 0.15) is 6.33 Å². The Balaban J connectivity index is 2.24. The number of rotatable bonds is 4. The minimum atomic E-state index is 0.637. The van der Waals surface area contributed by atoms with Crippen LogP contribution in [-0.4, -0.2) is 21.6 Å². The highest BCUT2D eigenvalue weighted by molar-refractivity contribution is 7.80. The first-order chi connectivity index (χ1) is 6.83. The first-order valence-electron chi connectivity index (χ1n) is 4.59. The summed E-state index contributed by atoms with van der Waals surface area (Å²) in [5.41, 5.74) is 0.931. The number of nitrogens with zero attached hydrogens (tertiary/aromatic N) is 2. The minimum Gasteiger partial charge on any atom is -0.363 e. The van der Waals surface area contributed by atoms with Crippen LogP contribution in [0, 0.1) is 0 Å². The van der Waals surface area contributed by atoms with Gasteiger partial charge < -0.3 is 10.6 Å². The van der Waals surface area contributed by atoms with E-state index in [-0.39, 0.29) is 0 Å². The molecule has 0 aliphatic rings. The van der Waals surface area contributed by atoms with E-state index in [0.29, 0.717) is 11.7 Å². The summed E-state index contributed by atoms with van der Waals surface area (Å²) in [6.07, 6.45) is 4.31. The lowest BCUT2D eigenvalue weighted by molar-refractivity contribution is 0.788. The third-order valence-electron chi connectivity index (χ3n) is 1.61. The lowest BCUT2D eigenvalue weighted by Gasteiger charge is -2.08. The van der Waals surface area contributed by atoms with E-state index in [1.54, 1.807) is 6.20 Å². The molecule has 0 aliphatic carbocycles. The van der Waals surface area contributed by atoms with Crippen molar-refractivity contribution in [2.75, 3.05) is 6.54 Å². The Kier molecular flexibility index (Phi) is 4.85. The molecule has 1 heterocycles. The molecule has 0 saturated heterocycles. The van der Waals surface area contributed by atoms with Gasteiger partial charge in [-0.15, -0.1) is 0 Å². The Labute approximate surface area is 89.2 Å². The van der Waals surface area contributed by atoms with Gasteiger partial charge in [0.15, 0.2) is 5.11 Å². The predicted octanol–water partition coefficient (Wildman–Crippen LogP) is 0.851. The predicted molar refractivity (Wildman–Crippen MR) is 59.8 cm³/mol. The fraction of sp³-hybridized carbons (Fsp3) is 0.444. The maximum absolute atomic E-state index is 5.05. The molecule has 0 aromatic carbocycles. The Bertz CT molecular complexity index is 275.